The predicted molar refractivity (Wildman–Crippen MR) is 69.3 cm³/mol. The molecule has 0 radical (unpaired) electrons. The molecule has 3 aliphatic rings. The first-order chi connectivity index (χ1) is 7.71. The molecule has 2 N–H and O–H groups in total. The van der Waals surface area contributed by atoms with E-state index in [0.717, 1.165) is 24.7 Å². The molecule has 0 saturated heterocycles. The van der Waals surface area contributed by atoms with E-state index >= 15 is 0 Å². The summed E-state index contributed by atoms with van der Waals surface area (Å²) in [5.41, 5.74) is 6.82. The molecule has 100 valence electrons. The number of halogens is 1. The Morgan fingerprint density at radius 1 is 1.06 bits per heavy atom. The molecule has 0 aromatic carbocycles. The SMILES string of the molecule is COC1CC2(CC1OC)C1CCC(C1)C2N.Cl. The molecule has 0 aromatic rings. The van der Waals surface area contributed by atoms with Crippen molar-refractivity contribution in [1.29, 1.82) is 0 Å². The van der Waals surface area contributed by atoms with Gasteiger partial charge in [-0.05, 0) is 49.4 Å². The summed E-state index contributed by atoms with van der Waals surface area (Å²) in [5, 5.41) is 0. The molecular weight excluding hydrogens is 238 g/mol. The fraction of sp³-hybridized carbons (Fsp3) is 1.00. The summed E-state index contributed by atoms with van der Waals surface area (Å²) in [7, 11) is 3.60. The molecule has 3 rings (SSSR count). The average Bonchev–Trinajstić information content (AvgIpc) is 2.97. The van der Waals surface area contributed by atoms with Crippen LogP contribution in [0.5, 0.6) is 0 Å². The summed E-state index contributed by atoms with van der Waals surface area (Å²) in [6, 6.07) is 0.393. The highest BCUT2D eigenvalue weighted by Crippen LogP contribution is 2.62. The first-order valence-corrected chi connectivity index (χ1v) is 6.52. The van der Waals surface area contributed by atoms with Gasteiger partial charge in [0.05, 0.1) is 12.2 Å². The minimum atomic E-state index is 0. The zero-order chi connectivity index (χ0) is 11.3. The molecule has 5 unspecified atom stereocenters. The normalized spacial score (nSPS) is 52.1. The Morgan fingerprint density at radius 3 is 2.06 bits per heavy atom. The van der Waals surface area contributed by atoms with Crippen LogP contribution in [0.3, 0.4) is 0 Å². The second-order valence-electron chi connectivity index (χ2n) is 5.99. The van der Waals surface area contributed by atoms with Crippen molar-refractivity contribution < 1.29 is 9.47 Å². The molecule has 0 heterocycles. The van der Waals surface area contributed by atoms with Crippen LogP contribution < -0.4 is 5.73 Å². The third kappa shape index (κ3) is 1.74. The van der Waals surface area contributed by atoms with Crippen molar-refractivity contribution in [1.82, 2.24) is 0 Å². The van der Waals surface area contributed by atoms with E-state index in [9.17, 15) is 0 Å². The Hall–Kier alpha value is 0.170. The Kier molecular flexibility index (Phi) is 3.75. The van der Waals surface area contributed by atoms with Crippen molar-refractivity contribution in [2.24, 2.45) is 23.0 Å². The van der Waals surface area contributed by atoms with Crippen LogP contribution in [-0.4, -0.2) is 32.5 Å². The molecule has 0 amide bonds. The van der Waals surface area contributed by atoms with Gasteiger partial charge in [0.1, 0.15) is 0 Å². The van der Waals surface area contributed by atoms with Crippen LogP contribution in [0.25, 0.3) is 0 Å². The predicted octanol–water partition coefficient (Wildman–Crippen LogP) is 1.98. The summed E-state index contributed by atoms with van der Waals surface area (Å²) in [4.78, 5) is 0. The molecule has 0 aromatic heterocycles. The molecule has 1 spiro atoms. The smallest absolute Gasteiger partial charge is 0.0838 e. The first kappa shape index (κ1) is 13.6. The number of hydrogen-bond acceptors (Lipinski definition) is 3. The van der Waals surface area contributed by atoms with E-state index in [0.29, 0.717) is 11.5 Å². The van der Waals surface area contributed by atoms with Gasteiger partial charge < -0.3 is 15.2 Å². The van der Waals surface area contributed by atoms with Crippen molar-refractivity contribution in [2.75, 3.05) is 14.2 Å². The maximum absolute atomic E-state index is 6.48. The minimum absolute atomic E-state index is 0. The van der Waals surface area contributed by atoms with Crippen molar-refractivity contribution >= 4 is 12.4 Å². The van der Waals surface area contributed by atoms with Crippen molar-refractivity contribution in [3.8, 4) is 0 Å². The lowest BCUT2D eigenvalue weighted by Gasteiger charge is -2.39. The van der Waals surface area contributed by atoms with Crippen LogP contribution >= 0.6 is 12.4 Å². The molecule has 3 fully saturated rings. The molecule has 17 heavy (non-hydrogen) atoms. The molecule has 3 nitrogen and oxygen atoms in total. The van der Waals surface area contributed by atoms with Gasteiger partial charge in [0.25, 0.3) is 0 Å². The fourth-order valence-electron chi connectivity index (χ4n) is 4.78. The number of methoxy groups -OCH3 is 2. The minimum Gasteiger partial charge on any atom is -0.379 e. The van der Waals surface area contributed by atoms with E-state index < -0.39 is 0 Å². The number of rotatable bonds is 2. The highest BCUT2D eigenvalue weighted by molar-refractivity contribution is 5.85. The Morgan fingerprint density at radius 2 is 1.65 bits per heavy atom. The lowest BCUT2D eigenvalue weighted by atomic mass is 9.69. The summed E-state index contributed by atoms with van der Waals surface area (Å²) in [6.07, 6.45) is 6.84. The molecule has 3 saturated carbocycles. The van der Waals surface area contributed by atoms with Gasteiger partial charge >= 0.3 is 0 Å². The molecule has 4 heteroatoms. The van der Waals surface area contributed by atoms with Gasteiger partial charge in [0, 0.05) is 20.3 Å². The largest absolute Gasteiger partial charge is 0.379 e. The van der Waals surface area contributed by atoms with Crippen molar-refractivity contribution in [2.45, 2.75) is 50.4 Å². The van der Waals surface area contributed by atoms with Gasteiger partial charge in [-0.2, -0.15) is 0 Å². The van der Waals surface area contributed by atoms with Gasteiger partial charge in [-0.25, -0.2) is 0 Å². The first-order valence-electron chi connectivity index (χ1n) is 6.52. The summed E-state index contributed by atoms with van der Waals surface area (Å²) in [6.45, 7) is 0. The van der Waals surface area contributed by atoms with Gasteiger partial charge in [-0.1, -0.05) is 0 Å². The highest BCUT2D eigenvalue weighted by atomic mass is 35.5. The van der Waals surface area contributed by atoms with Crippen molar-refractivity contribution in [3.63, 3.8) is 0 Å². The van der Waals surface area contributed by atoms with E-state index in [1.807, 2.05) is 0 Å². The zero-order valence-corrected chi connectivity index (χ0v) is 11.5. The monoisotopic (exact) mass is 261 g/mol. The van der Waals surface area contributed by atoms with E-state index in [4.69, 9.17) is 15.2 Å². The van der Waals surface area contributed by atoms with E-state index in [1.54, 1.807) is 14.2 Å². The average molecular weight is 262 g/mol. The van der Waals surface area contributed by atoms with Crippen LogP contribution in [0.15, 0.2) is 0 Å². The van der Waals surface area contributed by atoms with Crippen LogP contribution in [0, 0.1) is 17.3 Å². The van der Waals surface area contributed by atoms with Crippen LogP contribution in [-0.2, 0) is 9.47 Å². The molecule has 3 aliphatic carbocycles. The summed E-state index contributed by atoms with van der Waals surface area (Å²) < 4.78 is 11.2. The van der Waals surface area contributed by atoms with Crippen molar-refractivity contribution in [3.05, 3.63) is 0 Å². The molecular formula is C13H24ClNO2. The third-order valence-electron chi connectivity index (χ3n) is 5.64. The zero-order valence-electron chi connectivity index (χ0n) is 10.7. The fourth-order valence-corrected chi connectivity index (χ4v) is 4.78. The van der Waals surface area contributed by atoms with E-state index in [2.05, 4.69) is 0 Å². The lowest BCUT2D eigenvalue weighted by Crippen LogP contribution is -2.45. The number of ether oxygens (including phenoxy) is 2. The Labute approximate surface area is 110 Å². The quantitative estimate of drug-likeness (QED) is 0.827. The Bertz CT molecular complexity index is 271. The molecule has 2 bridgehead atoms. The van der Waals surface area contributed by atoms with Crippen LogP contribution in [0.4, 0.5) is 0 Å². The Balaban J connectivity index is 0.00000108. The highest BCUT2D eigenvalue weighted by Gasteiger charge is 2.61. The van der Waals surface area contributed by atoms with Gasteiger partial charge in [-0.3, -0.25) is 0 Å². The second kappa shape index (κ2) is 4.69. The topological polar surface area (TPSA) is 44.5 Å². The summed E-state index contributed by atoms with van der Waals surface area (Å²) in [5.74, 6) is 1.61. The van der Waals surface area contributed by atoms with Gasteiger partial charge in [-0.15, -0.1) is 12.4 Å². The van der Waals surface area contributed by atoms with Gasteiger partial charge in [0.2, 0.25) is 0 Å². The number of fused-ring (bicyclic) bond motifs is 3. The van der Waals surface area contributed by atoms with Crippen LogP contribution in [0.1, 0.15) is 32.1 Å². The van der Waals surface area contributed by atoms with Gasteiger partial charge in [0.15, 0.2) is 0 Å². The number of hydrogen-bond donors (Lipinski definition) is 1. The molecule has 0 aliphatic heterocycles. The van der Waals surface area contributed by atoms with E-state index in [-0.39, 0.29) is 24.6 Å². The third-order valence-corrected chi connectivity index (χ3v) is 5.64. The maximum atomic E-state index is 6.48. The lowest BCUT2D eigenvalue weighted by molar-refractivity contribution is -0.0157. The standard InChI is InChI=1S/C13H23NO2.ClH/c1-15-10-6-13(7-11(10)16-2)9-4-3-8(5-9)12(13)14;/h8-12H,3-7,14H2,1-2H3;1H. The summed E-state index contributed by atoms with van der Waals surface area (Å²) >= 11 is 0. The molecule has 5 atom stereocenters. The van der Waals surface area contributed by atoms with E-state index in [1.165, 1.54) is 19.3 Å². The second-order valence-corrected chi connectivity index (χ2v) is 5.99. The number of nitrogens with two attached hydrogens (primary N) is 1. The van der Waals surface area contributed by atoms with Crippen LogP contribution in [0.2, 0.25) is 0 Å². The maximum Gasteiger partial charge on any atom is 0.0838 e.